The van der Waals surface area contributed by atoms with E-state index in [0.29, 0.717) is 9.79 Å². The lowest BCUT2D eigenvalue weighted by Crippen LogP contribution is -2.44. The van der Waals surface area contributed by atoms with Crippen LogP contribution < -0.4 is 10.6 Å². The molecule has 0 aliphatic carbocycles. The normalized spacial score (nSPS) is 13.2. The molecule has 0 aliphatic rings. The van der Waals surface area contributed by atoms with Crippen LogP contribution in [0, 0.1) is 0 Å². The zero-order valence-corrected chi connectivity index (χ0v) is 35.1. The smallest absolute Gasteiger partial charge is 0.329 e. The topological polar surface area (TPSA) is 163 Å². The van der Waals surface area contributed by atoms with E-state index in [9.17, 15) is 28.8 Å². The van der Waals surface area contributed by atoms with Crippen molar-refractivity contribution in [2.45, 2.75) is 153 Å². The molecule has 0 saturated carbocycles. The van der Waals surface area contributed by atoms with Crippen LogP contribution in [-0.2, 0) is 38.1 Å². The first-order valence-corrected chi connectivity index (χ1v) is 19.9. The number of rotatable bonds is 15. The van der Waals surface area contributed by atoms with Gasteiger partial charge in [0.2, 0.25) is 0 Å². The molecule has 2 amide bonds. The Kier molecular flexibility index (Phi) is 16.7. The van der Waals surface area contributed by atoms with E-state index in [1.807, 2.05) is 0 Å². The molecule has 2 N–H and O–H groups in total. The molecule has 54 heavy (non-hydrogen) atoms. The van der Waals surface area contributed by atoms with Gasteiger partial charge in [-0.1, -0.05) is 45.9 Å². The number of ether oxygens (including phenoxy) is 4. The number of esters is 4. The summed E-state index contributed by atoms with van der Waals surface area (Å²) in [4.78, 5) is 79.7. The fourth-order valence-corrected chi connectivity index (χ4v) is 6.93. The summed E-state index contributed by atoms with van der Waals surface area (Å²) in [5.74, 6) is -3.52. The zero-order valence-electron chi connectivity index (χ0n) is 33.5. The number of hydrogen-bond donors (Lipinski definition) is 2. The van der Waals surface area contributed by atoms with E-state index in [2.05, 4.69) is 10.6 Å². The number of benzene rings is 2. The summed E-state index contributed by atoms with van der Waals surface area (Å²) in [5, 5.41) is 5.48. The summed E-state index contributed by atoms with van der Waals surface area (Å²) in [6, 6.07) is 11.3. The molecule has 12 nitrogen and oxygen atoms in total. The molecule has 2 atom stereocenters. The van der Waals surface area contributed by atoms with Crippen LogP contribution in [0.1, 0.15) is 129 Å². The second kappa shape index (κ2) is 19.5. The first-order chi connectivity index (χ1) is 24.7. The zero-order chi connectivity index (χ0) is 41.1. The van der Waals surface area contributed by atoms with E-state index in [0.717, 1.165) is 0 Å². The third kappa shape index (κ3) is 17.9. The van der Waals surface area contributed by atoms with Crippen molar-refractivity contribution in [2.75, 3.05) is 0 Å². The molecule has 14 heteroatoms. The van der Waals surface area contributed by atoms with Crippen LogP contribution in [0.3, 0.4) is 0 Å². The van der Waals surface area contributed by atoms with Crippen molar-refractivity contribution < 1.29 is 47.7 Å². The van der Waals surface area contributed by atoms with E-state index < -0.39 is 70.2 Å². The Bertz CT molecular complexity index is 1530. The summed E-state index contributed by atoms with van der Waals surface area (Å²) in [7, 11) is 2.43. The average molecular weight is 789 g/mol. The van der Waals surface area contributed by atoms with Gasteiger partial charge in [0.05, 0.1) is 11.1 Å². The first-order valence-electron chi connectivity index (χ1n) is 17.8. The van der Waals surface area contributed by atoms with Crippen LogP contribution in [0.15, 0.2) is 58.3 Å². The summed E-state index contributed by atoms with van der Waals surface area (Å²) in [6.45, 7) is 20.7. The highest BCUT2D eigenvalue weighted by Gasteiger charge is 2.31. The summed E-state index contributed by atoms with van der Waals surface area (Å²) >= 11 is 0. The Labute approximate surface area is 327 Å². The summed E-state index contributed by atoms with van der Waals surface area (Å²) in [5.41, 5.74) is -2.57. The number of amides is 2. The van der Waals surface area contributed by atoms with E-state index in [1.165, 1.54) is 21.6 Å². The lowest BCUT2D eigenvalue weighted by molar-refractivity contribution is -0.160. The van der Waals surface area contributed by atoms with Gasteiger partial charge in [-0.3, -0.25) is 19.2 Å². The van der Waals surface area contributed by atoms with Gasteiger partial charge in [-0.05, 0) is 120 Å². The third-order valence-corrected chi connectivity index (χ3v) is 9.07. The van der Waals surface area contributed by atoms with Crippen LogP contribution in [0.4, 0.5) is 0 Å². The van der Waals surface area contributed by atoms with Crippen LogP contribution in [-0.4, -0.2) is 70.2 Å². The van der Waals surface area contributed by atoms with Crippen molar-refractivity contribution in [2.24, 2.45) is 0 Å². The van der Waals surface area contributed by atoms with Gasteiger partial charge in [-0.15, -0.1) is 0 Å². The number of nitrogens with one attached hydrogen (secondary N) is 2. The highest BCUT2D eigenvalue weighted by Crippen LogP contribution is 2.40. The molecule has 0 aliphatic heterocycles. The molecule has 2 aromatic carbocycles. The van der Waals surface area contributed by atoms with Gasteiger partial charge >= 0.3 is 23.9 Å². The second-order valence-corrected chi connectivity index (χ2v) is 18.7. The average Bonchev–Trinajstić information content (AvgIpc) is 3.00. The Balaban J connectivity index is 2.28. The molecule has 0 unspecified atom stereocenters. The molecule has 0 spiro atoms. The molecule has 0 radical (unpaired) electrons. The fraction of sp³-hybridized carbons (Fsp3) is 0.550. The molecule has 0 bridgehead atoms. The standard InChI is InChI=1S/C40H56N2O10S2/c1-37(2,3)49-31(43)23-21-27(35(47)51-39(7,8)9)41-33(45)25-17-13-15-19-29(25)53-54-30-20-16-14-18-26(30)34(46)42-28(36(48)52-40(10,11)12)22-24-32(44)50-38(4,5)6/h13-20,27-28H,21-24H2,1-12H3,(H,41,45)(H,42,46)/t27-,28-/m0/s1. The monoisotopic (exact) mass is 788 g/mol. The minimum atomic E-state index is -1.13. The summed E-state index contributed by atoms with van der Waals surface area (Å²) < 4.78 is 21.9. The van der Waals surface area contributed by atoms with E-state index >= 15 is 0 Å². The van der Waals surface area contributed by atoms with Crippen LogP contribution >= 0.6 is 21.6 Å². The molecule has 2 rings (SSSR count). The molecular formula is C40H56N2O10S2. The highest BCUT2D eigenvalue weighted by molar-refractivity contribution is 8.76. The SMILES string of the molecule is CC(C)(C)OC(=O)CC[C@H](NC(=O)c1ccccc1SSc1ccccc1C(=O)N[C@@H](CCC(=O)OC(C)(C)C)C(=O)OC(C)(C)C)C(=O)OC(C)(C)C. The largest absolute Gasteiger partial charge is 0.460 e. The second-order valence-electron chi connectivity index (χ2n) is 16.5. The van der Waals surface area contributed by atoms with E-state index in [1.54, 1.807) is 132 Å². The number of hydrogen-bond acceptors (Lipinski definition) is 12. The predicted octanol–water partition coefficient (Wildman–Crippen LogP) is 7.61. The van der Waals surface area contributed by atoms with E-state index in [4.69, 9.17) is 18.9 Å². The molecule has 298 valence electrons. The maximum absolute atomic E-state index is 13.7. The van der Waals surface area contributed by atoms with Gasteiger partial charge in [0.15, 0.2) is 0 Å². The van der Waals surface area contributed by atoms with Gasteiger partial charge in [0.25, 0.3) is 11.8 Å². The van der Waals surface area contributed by atoms with Crippen molar-refractivity contribution in [3.63, 3.8) is 0 Å². The Morgan fingerprint density at radius 1 is 0.500 bits per heavy atom. The Morgan fingerprint density at radius 2 is 0.796 bits per heavy atom. The third-order valence-electron chi connectivity index (χ3n) is 6.59. The summed E-state index contributed by atoms with van der Waals surface area (Å²) in [6.07, 6.45) is -0.320. The Morgan fingerprint density at radius 3 is 1.09 bits per heavy atom. The van der Waals surface area contributed by atoms with Crippen molar-refractivity contribution in [1.29, 1.82) is 0 Å². The minimum Gasteiger partial charge on any atom is -0.460 e. The van der Waals surface area contributed by atoms with Crippen molar-refractivity contribution >= 4 is 57.3 Å². The number of carbonyl (C=O) groups excluding carboxylic acids is 6. The van der Waals surface area contributed by atoms with Crippen LogP contribution in [0.25, 0.3) is 0 Å². The van der Waals surface area contributed by atoms with Gasteiger partial charge < -0.3 is 29.6 Å². The van der Waals surface area contributed by atoms with Crippen molar-refractivity contribution in [1.82, 2.24) is 10.6 Å². The maximum atomic E-state index is 13.7. The molecule has 2 aromatic rings. The molecular weight excluding hydrogens is 733 g/mol. The first kappa shape index (κ1) is 46.1. The van der Waals surface area contributed by atoms with Crippen molar-refractivity contribution in [3.8, 4) is 0 Å². The quantitative estimate of drug-likeness (QED) is 0.103. The van der Waals surface area contributed by atoms with Crippen LogP contribution in [0.2, 0.25) is 0 Å². The minimum absolute atomic E-state index is 0.0375. The van der Waals surface area contributed by atoms with Crippen molar-refractivity contribution in [3.05, 3.63) is 59.7 Å². The predicted molar refractivity (Wildman–Crippen MR) is 209 cm³/mol. The maximum Gasteiger partial charge on any atom is 0.329 e. The number of carbonyl (C=O) groups is 6. The van der Waals surface area contributed by atoms with E-state index in [-0.39, 0.29) is 36.8 Å². The molecule has 0 heterocycles. The molecule has 0 saturated heterocycles. The fourth-order valence-electron chi connectivity index (χ4n) is 4.57. The lowest BCUT2D eigenvalue weighted by atomic mass is 10.1. The molecule has 0 fully saturated rings. The van der Waals surface area contributed by atoms with Gasteiger partial charge in [0.1, 0.15) is 34.5 Å². The van der Waals surface area contributed by atoms with Gasteiger partial charge in [-0.2, -0.15) is 0 Å². The highest BCUT2D eigenvalue weighted by atomic mass is 33.1. The molecule has 0 aromatic heterocycles. The van der Waals surface area contributed by atoms with Crippen LogP contribution in [0.5, 0.6) is 0 Å². The van der Waals surface area contributed by atoms with Gasteiger partial charge in [0, 0.05) is 22.6 Å². The van der Waals surface area contributed by atoms with Gasteiger partial charge in [-0.25, -0.2) is 9.59 Å². The lowest BCUT2D eigenvalue weighted by Gasteiger charge is -2.25. The Hall–Kier alpha value is -4.04.